The number of hydrogen-bond donors (Lipinski definition) is 0. The van der Waals surface area contributed by atoms with Gasteiger partial charge in [0.25, 0.3) is 0 Å². The minimum absolute atomic E-state index is 0.0155. The molecule has 0 fully saturated rings. The number of aromatic nitrogens is 3. The Morgan fingerprint density at radius 2 is 2.20 bits per heavy atom. The molecule has 0 aliphatic rings. The van der Waals surface area contributed by atoms with E-state index in [1.165, 1.54) is 24.2 Å². The molecule has 0 N–H and O–H groups in total. The number of aryl methyl sites for hydroxylation is 1. The fraction of sp³-hybridized carbons (Fsp3) is 0.385. The number of fused-ring (bicyclic) bond motifs is 1. The first kappa shape index (κ1) is 14.5. The quantitative estimate of drug-likeness (QED) is 0.485. The van der Waals surface area contributed by atoms with E-state index in [2.05, 4.69) is 9.97 Å². The Bertz CT molecular complexity index is 712. The van der Waals surface area contributed by atoms with Gasteiger partial charge in [-0.3, -0.25) is 4.79 Å². The summed E-state index contributed by atoms with van der Waals surface area (Å²) in [5, 5.41) is 0.915. The van der Waals surface area contributed by atoms with Crippen LogP contribution in [0.4, 0.5) is 0 Å². The zero-order valence-electron chi connectivity index (χ0n) is 11.5. The molecule has 0 bridgehead atoms. The summed E-state index contributed by atoms with van der Waals surface area (Å²) in [6, 6.07) is 0. The molecule has 0 amide bonds. The van der Waals surface area contributed by atoms with Gasteiger partial charge >= 0.3 is 5.97 Å². The lowest BCUT2D eigenvalue weighted by molar-refractivity contribution is 0.0524. The van der Waals surface area contributed by atoms with Gasteiger partial charge in [0.15, 0.2) is 5.16 Å². The summed E-state index contributed by atoms with van der Waals surface area (Å²) in [5.74, 6) is -0.615. The van der Waals surface area contributed by atoms with Crippen molar-refractivity contribution in [3.05, 3.63) is 28.2 Å². The first-order chi connectivity index (χ1) is 9.62. The second kappa shape index (κ2) is 6.04. The van der Waals surface area contributed by atoms with Crippen LogP contribution in [0.25, 0.3) is 11.0 Å². The van der Waals surface area contributed by atoms with Crippen LogP contribution in [-0.2, 0) is 11.3 Å². The Morgan fingerprint density at radius 1 is 1.45 bits per heavy atom. The molecular formula is C13H15N3O3S. The lowest BCUT2D eigenvalue weighted by Crippen LogP contribution is -2.21. The van der Waals surface area contributed by atoms with Gasteiger partial charge in [-0.1, -0.05) is 11.8 Å². The zero-order valence-corrected chi connectivity index (χ0v) is 12.4. The fourth-order valence-corrected chi connectivity index (χ4v) is 2.19. The Labute approximate surface area is 120 Å². The molecule has 2 heterocycles. The van der Waals surface area contributed by atoms with Crippen molar-refractivity contribution < 1.29 is 9.53 Å². The van der Waals surface area contributed by atoms with E-state index in [-0.39, 0.29) is 12.2 Å². The fourth-order valence-electron chi connectivity index (χ4n) is 1.85. The van der Waals surface area contributed by atoms with Crippen LogP contribution in [0.3, 0.4) is 0 Å². The normalized spacial score (nSPS) is 10.8. The summed E-state index contributed by atoms with van der Waals surface area (Å²) in [7, 11) is 0. The average Bonchev–Trinajstić information content (AvgIpc) is 2.47. The van der Waals surface area contributed by atoms with Crippen LogP contribution in [0.15, 0.2) is 22.3 Å². The second-order valence-electron chi connectivity index (χ2n) is 3.97. The molecule has 0 spiro atoms. The summed E-state index contributed by atoms with van der Waals surface area (Å²) in [6.45, 7) is 4.43. The van der Waals surface area contributed by atoms with Gasteiger partial charge in [0.2, 0.25) is 5.43 Å². The van der Waals surface area contributed by atoms with E-state index in [4.69, 9.17) is 4.74 Å². The van der Waals surface area contributed by atoms with Crippen LogP contribution in [0.1, 0.15) is 24.2 Å². The van der Waals surface area contributed by atoms with Gasteiger partial charge in [-0.2, -0.15) is 0 Å². The number of carbonyl (C=O) groups is 1. The summed E-state index contributed by atoms with van der Waals surface area (Å²) in [4.78, 5) is 32.6. The molecule has 7 heteroatoms. The zero-order chi connectivity index (χ0) is 14.7. The SMILES string of the molecule is CCOC(=O)c1cn(CC)c2nc(SC)ncc2c1=O. The smallest absolute Gasteiger partial charge is 0.343 e. The van der Waals surface area contributed by atoms with Gasteiger partial charge < -0.3 is 9.30 Å². The van der Waals surface area contributed by atoms with Gasteiger partial charge in [0.05, 0.1) is 12.0 Å². The van der Waals surface area contributed by atoms with Crippen molar-refractivity contribution in [1.29, 1.82) is 0 Å². The third kappa shape index (κ3) is 2.53. The van der Waals surface area contributed by atoms with Crippen molar-refractivity contribution in [2.45, 2.75) is 25.5 Å². The Morgan fingerprint density at radius 3 is 2.80 bits per heavy atom. The van der Waals surface area contributed by atoms with Crippen LogP contribution in [0.2, 0.25) is 0 Å². The molecule has 0 atom stereocenters. The molecule has 0 radical (unpaired) electrons. The van der Waals surface area contributed by atoms with E-state index in [0.717, 1.165) is 0 Å². The van der Waals surface area contributed by atoms with Gasteiger partial charge in [0.1, 0.15) is 11.2 Å². The standard InChI is InChI=1S/C13H15N3O3S/c1-4-16-7-9(12(18)19-5-2)10(17)8-6-14-13(20-3)15-11(8)16/h6-7H,4-5H2,1-3H3. The summed E-state index contributed by atoms with van der Waals surface area (Å²) >= 11 is 1.40. The maximum absolute atomic E-state index is 12.3. The average molecular weight is 293 g/mol. The van der Waals surface area contributed by atoms with Crippen LogP contribution in [0.5, 0.6) is 0 Å². The molecule has 0 saturated carbocycles. The van der Waals surface area contributed by atoms with E-state index in [1.807, 2.05) is 13.2 Å². The topological polar surface area (TPSA) is 74.1 Å². The van der Waals surface area contributed by atoms with Crippen molar-refractivity contribution in [3.8, 4) is 0 Å². The number of rotatable bonds is 4. The third-order valence-corrected chi connectivity index (χ3v) is 3.37. The summed E-state index contributed by atoms with van der Waals surface area (Å²) in [6.07, 6.45) is 4.83. The number of pyridine rings is 1. The van der Waals surface area contributed by atoms with E-state index in [0.29, 0.717) is 22.7 Å². The number of ether oxygens (including phenoxy) is 1. The molecule has 6 nitrogen and oxygen atoms in total. The molecule has 2 rings (SSSR count). The minimum atomic E-state index is -0.615. The van der Waals surface area contributed by atoms with Crippen molar-refractivity contribution in [2.75, 3.05) is 12.9 Å². The van der Waals surface area contributed by atoms with Gasteiger partial charge in [-0.15, -0.1) is 0 Å². The van der Waals surface area contributed by atoms with Crippen molar-refractivity contribution in [2.24, 2.45) is 0 Å². The Kier molecular flexibility index (Phi) is 4.39. The van der Waals surface area contributed by atoms with E-state index >= 15 is 0 Å². The van der Waals surface area contributed by atoms with Crippen molar-refractivity contribution >= 4 is 28.8 Å². The molecule has 0 aliphatic heterocycles. The molecule has 0 aromatic carbocycles. The molecular weight excluding hydrogens is 278 g/mol. The lowest BCUT2D eigenvalue weighted by Gasteiger charge is -2.10. The first-order valence-corrected chi connectivity index (χ1v) is 7.46. The van der Waals surface area contributed by atoms with E-state index < -0.39 is 11.4 Å². The predicted octanol–water partition coefficient (Wildman–Crippen LogP) is 1.71. The first-order valence-electron chi connectivity index (χ1n) is 6.23. The summed E-state index contributed by atoms with van der Waals surface area (Å²) < 4.78 is 6.66. The molecule has 0 unspecified atom stereocenters. The van der Waals surface area contributed by atoms with Gasteiger partial charge in [-0.25, -0.2) is 14.8 Å². The van der Waals surface area contributed by atoms with Crippen LogP contribution < -0.4 is 5.43 Å². The number of nitrogens with zero attached hydrogens (tertiary/aromatic N) is 3. The maximum Gasteiger partial charge on any atom is 0.343 e. The van der Waals surface area contributed by atoms with E-state index in [1.54, 1.807) is 11.5 Å². The van der Waals surface area contributed by atoms with E-state index in [9.17, 15) is 9.59 Å². The number of carbonyl (C=O) groups excluding carboxylic acids is 1. The summed E-state index contributed by atoms with van der Waals surface area (Å²) in [5.41, 5.74) is 0.155. The number of hydrogen-bond acceptors (Lipinski definition) is 6. The molecule has 20 heavy (non-hydrogen) atoms. The highest BCUT2D eigenvalue weighted by atomic mass is 32.2. The molecule has 0 aliphatic carbocycles. The monoisotopic (exact) mass is 293 g/mol. The number of thioether (sulfide) groups is 1. The lowest BCUT2D eigenvalue weighted by atomic mass is 10.2. The molecule has 2 aromatic heterocycles. The predicted molar refractivity (Wildman–Crippen MR) is 77.2 cm³/mol. The molecule has 0 saturated heterocycles. The maximum atomic E-state index is 12.3. The highest BCUT2D eigenvalue weighted by Gasteiger charge is 2.17. The van der Waals surface area contributed by atoms with Crippen LogP contribution >= 0.6 is 11.8 Å². The van der Waals surface area contributed by atoms with Crippen molar-refractivity contribution in [3.63, 3.8) is 0 Å². The highest BCUT2D eigenvalue weighted by molar-refractivity contribution is 7.98. The highest BCUT2D eigenvalue weighted by Crippen LogP contribution is 2.14. The van der Waals surface area contributed by atoms with Crippen LogP contribution in [0, 0.1) is 0 Å². The molecule has 2 aromatic rings. The van der Waals surface area contributed by atoms with Crippen LogP contribution in [-0.4, -0.2) is 33.4 Å². The largest absolute Gasteiger partial charge is 0.462 e. The van der Waals surface area contributed by atoms with Crippen molar-refractivity contribution in [1.82, 2.24) is 14.5 Å². The van der Waals surface area contributed by atoms with Gasteiger partial charge in [-0.05, 0) is 20.1 Å². The molecule has 106 valence electrons. The second-order valence-corrected chi connectivity index (χ2v) is 4.75. The third-order valence-electron chi connectivity index (χ3n) is 2.81. The Hall–Kier alpha value is -1.89. The minimum Gasteiger partial charge on any atom is -0.462 e. The van der Waals surface area contributed by atoms with Gasteiger partial charge in [0, 0.05) is 18.9 Å². The Balaban J connectivity index is 2.73. The number of esters is 1.